The molecular formula is C15H13N3O5. The summed E-state index contributed by atoms with van der Waals surface area (Å²) < 4.78 is 0. The Kier molecular flexibility index (Phi) is 3.65. The average Bonchev–Trinajstić information content (AvgIpc) is 2.78. The van der Waals surface area contributed by atoms with Gasteiger partial charge in [-0.2, -0.15) is 0 Å². The van der Waals surface area contributed by atoms with Crippen molar-refractivity contribution in [3.05, 3.63) is 29.3 Å². The van der Waals surface area contributed by atoms with Crippen LogP contribution in [0.25, 0.3) is 0 Å². The molecule has 0 aromatic heterocycles. The van der Waals surface area contributed by atoms with Gasteiger partial charge in [0.15, 0.2) is 0 Å². The van der Waals surface area contributed by atoms with E-state index in [1.807, 2.05) is 0 Å². The summed E-state index contributed by atoms with van der Waals surface area (Å²) in [5.41, 5.74) is 0.683. The molecule has 2 N–H and O–H groups in total. The molecule has 1 aromatic carbocycles. The summed E-state index contributed by atoms with van der Waals surface area (Å²) in [5, 5.41) is 4.90. The summed E-state index contributed by atoms with van der Waals surface area (Å²) in [6, 6.07) is 3.67. The van der Waals surface area contributed by atoms with Crippen LogP contribution in [0.3, 0.4) is 0 Å². The lowest BCUT2D eigenvalue weighted by Gasteiger charge is -2.27. The molecule has 0 saturated carbocycles. The molecule has 2 heterocycles. The van der Waals surface area contributed by atoms with Crippen molar-refractivity contribution >= 4 is 35.6 Å². The summed E-state index contributed by atoms with van der Waals surface area (Å²) in [6.45, 7) is -0.00363. The number of fused-ring (bicyclic) bond motifs is 1. The third-order valence-corrected chi connectivity index (χ3v) is 3.84. The molecule has 8 heteroatoms. The van der Waals surface area contributed by atoms with E-state index in [9.17, 15) is 24.0 Å². The second-order valence-corrected chi connectivity index (χ2v) is 5.22. The van der Waals surface area contributed by atoms with E-state index in [0.29, 0.717) is 12.0 Å². The van der Waals surface area contributed by atoms with Crippen LogP contribution in [0.2, 0.25) is 0 Å². The number of anilines is 1. The Hall–Kier alpha value is -3.03. The lowest BCUT2D eigenvalue weighted by Crippen LogP contribution is -2.54. The fourth-order valence-corrected chi connectivity index (χ4v) is 2.81. The molecule has 4 amide bonds. The van der Waals surface area contributed by atoms with E-state index in [2.05, 4.69) is 10.6 Å². The van der Waals surface area contributed by atoms with Crippen LogP contribution in [-0.2, 0) is 14.4 Å². The zero-order valence-corrected chi connectivity index (χ0v) is 12.0. The summed E-state index contributed by atoms with van der Waals surface area (Å²) in [7, 11) is 0. The van der Waals surface area contributed by atoms with E-state index in [1.54, 1.807) is 12.1 Å². The van der Waals surface area contributed by atoms with Crippen LogP contribution in [0.1, 0.15) is 33.6 Å². The van der Waals surface area contributed by atoms with Crippen LogP contribution in [0.15, 0.2) is 18.2 Å². The smallest absolute Gasteiger partial charge is 0.264 e. The number of imide groups is 2. The van der Waals surface area contributed by atoms with Gasteiger partial charge in [-0.1, -0.05) is 6.07 Å². The number of piperidine rings is 1. The number of carbonyl (C=O) groups excluding carboxylic acids is 5. The summed E-state index contributed by atoms with van der Waals surface area (Å²) in [6.07, 6.45) is 0.811. The zero-order chi connectivity index (χ0) is 16.6. The van der Waals surface area contributed by atoms with Gasteiger partial charge in [0, 0.05) is 12.1 Å². The van der Waals surface area contributed by atoms with Crippen molar-refractivity contribution in [1.82, 2.24) is 10.2 Å². The van der Waals surface area contributed by atoms with Gasteiger partial charge in [-0.15, -0.1) is 0 Å². The fraction of sp³-hybridized carbons (Fsp3) is 0.267. The molecule has 1 atom stereocenters. The SMILES string of the molecule is O=CCNc1cccc2c1C(=O)N(C1CCC(=O)NC1=O)C2=O. The van der Waals surface area contributed by atoms with Gasteiger partial charge >= 0.3 is 0 Å². The molecule has 23 heavy (non-hydrogen) atoms. The van der Waals surface area contributed by atoms with Crippen LogP contribution >= 0.6 is 0 Å². The Labute approximate surface area is 130 Å². The minimum atomic E-state index is -1.00. The molecule has 0 aliphatic carbocycles. The number of benzene rings is 1. The molecule has 118 valence electrons. The molecule has 8 nitrogen and oxygen atoms in total. The van der Waals surface area contributed by atoms with E-state index >= 15 is 0 Å². The highest BCUT2D eigenvalue weighted by molar-refractivity contribution is 6.25. The number of carbonyl (C=O) groups is 5. The lowest BCUT2D eigenvalue weighted by molar-refractivity contribution is -0.136. The molecule has 0 bridgehead atoms. The highest BCUT2D eigenvalue weighted by Crippen LogP contribution is 2.32. The second kappa shape index (κ2) is 5.64. The monoisotopic (exact) mass is 315 g/mol. The van der Waals surface area contributed by atoms with Gasteiger partial charge in [-0.05, 0) is 18.6 Å². The molecule has 1 aromatic rings. The number of hydrogen-bond donors (Lipinski definition) is 2. The van der Waals surface area contributed by atoms with Gasteiger partial charge in [-0.3, -0.25) is 29.4 Å². The second-order valence-electron chi connectivity index (χ2n) is 5.22. The average molecular weight is 315 g/mol. The minimum Gasteiger partial charge on any atom is -0.378 e. The molecule has 1 fully saturated rings. The van der Waals surface area contributed by atoms with Gasteiger partial charge in [0.25, 0.3) is 11.8 Å². The molecule has 1 unspecified atom stereocenters. The van der Waals surface area contributed by atoms with Crippen LogP contribution < -0.4 is 10.6 Å². The van der Waals surface area contributed by atoms with Crippen LogP contribution in [0.5, 0.6) is 0 Å². The maximum absolute atomic E-state index is 12.6. The predicted molar refractivity (Wildman–Crippen MR) is 77.7 cm³/mol. The number of nitrogens with one attached hydrogen (secondary N) is 2. The highest BCUT2D eigenvalue weighted by atomic mass is 16.2. The van der Waals surface area contributed by atoms with Crippen molar-refractivity contribution in [2.24, 2.45) is 0 Å². The number of rotatable bonds is 4. The van der Waals surface area contributed by atoms with Crippen molar-refractivity contribution < 1.29 is 24.0 Å². The maximum atomic E-state index is 12.6. The Morgan fingerprint density at radius 3 is 2.70 bits per heavy atom. The predicted octanol–water partition coefficient (Wildman–Crippen LogP) is -0.301. The fourth-order valence-electron chi connectivity index (χ4n) is 2.81. The molecule has 0 radical (unpaired) electrons. The minimum absolute atomic E-state index is 0.00363. The number of nitrogens with zero attached hydrogens (tertiary/aromatic N) is 1. The first-order valence-electron chi connectivity index (χ1n) is 7.06. The summed E-state index contributed by atoms with van der Waals surface area (Å²) >= 11 is 0. The Morgan fingerprint density at radius 2 is 2.00 bits per heavy atom. The molecule has 2 aliphatic rings. The molecule has 0 spiro atoms. The quantitative estimate of drug-likeness (QED) is 0.582. The van der Waals surface area contributed by atoms with Crippen molar-refractivity contribution in [2.45, 2.75) is 18.9 Å². The largest absolute Gasteiger partial charge is 0.378 e. The Morgan fingerprint density at radius 1 is 1.22 bits per heavy atom. The number of amides is 4. The van der Waals surface area contributed by atoms with Crippen LogP contribution in [-0.4, -0.2) is 47.4 Å². The summed E-state index contributed by atoms with van der Waals surface area (Å²) in [4.78, 5) is 59.7. The summed E-state index contributed by atoms with van der Waals surface area (Å²) in [5.74, 6) is -2.25. The van der Waals surface area contributed by atoms with Crippen LogP contribution in [0, 0.1) is 0 Å². The number of aldehydes is 1. The van der Waals surface area contributed by atoms with Gasteiger partial charge in [0.05, 0.1) is 17.7 Å². The van der Waals surface area contributed by atoms with Gasteiger partial charge < -0.3 is 10.1 Å². The van der Waals surface area contributed by atoms with Crippen molar-refractivity contribution in [3.8, 4) is 0 Å². The molecular weight excluding hydrogens is 302 g/mol. The van der Waals surface area contributed by atoms with E-state index in [0.717, 1.165) is 4.90 Å². The third kappa shape index (κ3) is 2.37. The lowest BCUT2D eigenvalue weighted by atomic mass is 10.0. The maximum Gasteiger partial charge on any atom is 0.264 e. The molecule has 3 rings (SSSR count). The highest BCUT2D eigenvalue weighted by Gasteiger charge is 2.45. The molecule has 2 aliphatic heterocycles. The zero-order valence-electron chi connectivity index (χ0n) is 12.0. The standard InChI is InChI=1S/C15H13N3O5/c19-7-6-16-9-3-1-2-8-12(9)15(23)18(14(8)22)10-4-5-11(20)17-13(10)21/h1-3,7,10,16H,4-6H2,(H,17,20,21). The Balaban J connectivity index is 1.96. The molecule has 1 saturated heterocycles. The normalized spacial score (nSPS) is 20.3. The topological polar surface area (TPSA) is 113 Å². The van der Waals surface area contributed by atoms with E-state index in [1.165, 1.54) is 6.07 Å². The third-order valence-electron chi connectivity index (χ3n) is 3.84. The van der Waals surface area contributed by atoms with Gasteiger partial charge in [0.1, 0.15) is 12.3 Å². The van der Waals surface area contributed by atoms with Gasteiger partial charge in [-0.25, -0.2) is 0 Å². The van der Waals surface area contributed by atoms with Crippen LogP contribution in [0.4, 0.5) is 5.69 Å². The van der Waals surface area contributed by atoms with Crippen molar-refractivity contribution in [1.29, 1.82) is 0 Å². The van der Waals surface area contributed by atoms with E-state index in [4.69, 9.17) is 0 Å². The first-order chi connectivity index (χ1) is 11.0. The van der Waals surface area contributed by atoms with Crippen molar-refractivity contribution in [3.63, 3.8) is 0 Å². The number of hydrogen-bond acceptors (Lipinski definition) is 6. The van der Waals surface area contributed by atoms with E-state index < -0.39 is 29.7 Å². The van der Waals surface area contributed by atoms with Crippen molar-refractivity contribution in [2.75, 3.05) is 11.9 Å². The first kappa shape index (κ1) is 14.9. The van der Waals surface area contributed by atoms with E-state index in [-0.39, 0.29) is 30.5 Å². The van der Waals surface area contributed by atoms with Gasteiger partial charge in [0.2, 0.25) is 11.8 Å². The first-order valence-corrected chi connectivity index (χ1v) is 7.06. The Bertz CT molecular complexity index is 743.